The summed E-state index contributed by atoms with van der Waals surface area (Å²) in [6.45, 7) is 2.29. The highest BCUT2D eigenvalue weighted by molar-refractivity contribution is 6.30. The van der Waals surface area contributed by atoms with Crippen molar-refractivity contribution < 1.29 is 4.79 Å². The fourth-order valence-corrected chi connectivity index (χ4v) is 1.64. The molecular weight excluding hydrogens is 224 g/mol. The largest absolute Gasteiger partial charge is 0.376 e. The highest BCUT2D eigenvalue weighted by Crippen LogP contribution is 2.20. The van der Waals surface area contributed by atoms with Crippen LogP contribution in [0.3, 0.4) is 0 Å². The van der Waals surface area contributed by atoms with Crippen LogP contribution in [0.4, 0.5) is 5.69 Å². The summed E-state index contributed by atoms with van der Waals surface area (Å²) in [4.78, 5) is 11.5. The summed E-state index contributed by atoms with van der Waals surface area (Å²) in [5.41, 5.74) is 2.00. The maximum atomic E-state index is 11.5. The quantitative estimate of drug-likeness (QED) is 0.846. The minimum Gasteiger partial charge on any atom is -0.376 e. The van der Waals surface area contributed by atoms with Crippen LogP contribution < -0.4 is 10.6 Å². The molecule has 1 saturated carbocycles. The van der Waals surface area contributed by atoms with Gasteiger partial charge in [0.05, 0.1) is 6.54 Å². The van der Waals surface area contributed by atoms with Crippen LogP contribution in [0.25, 0.3) is 0 Å². The van der Waals surface area contributed by atoms with Crippen molar-refractivity contribution >= 4 is 23.2 Å². The highest BCUT2D eigenvalue weighted by Gasteiger charge is 2.22. The number of halogens is 1. The van der Waals surface area contributed by atoms with Crippen LogP contribution in [0, 0.1) is 6.92 Å². The number of amides is 1. The second kappa shape index (κ2) is 4.74. The van der Waals surface area contributed by atoms with Crippen LogP contribution in [-0.2, 0) is 4.79 Å². The predicted molar refractivity (Wildman–Crippen MR) is 65.8 cm³/mol. The van der Waals surface area contributed by atoms with E-state index in [1.165, 1.54) is 0 Å². The number of hydrogen-bond acceptors (Lipinski definition) is 2. The van der Waals surface area contributed by atoms with Gasteiger partial charge in [-0.05, 0) is 37.5 Å². The Kier molecular flexibility index (Phi) is 3.34. The molecule has 0 unspecified atom stereocenters. The summed E-state index contributed by atoms with van der Waals surface area (Å²) < 4.78 is 0. The maximum Gasteiger partial charge on any atom is 0.239 e. The van der Waals surface area contributed by atoms with E-state index in [-0.39, 0.29) is 5.91 Å². The van der Waals surface area contributed by atoms with Crippen molar-refractivity contribution in [3.8, 4) is 0 Å². The zero-order valence-electron chi connectivity index (χ0n) is 9.22. The first-order chi connectivity index (χ1) is 7.65. The van der Waals surface area contributed by atoms with E-state index in [2.05, 4.69) is 10.6 Å². The van der Waals surface area contributed by atoms with E-state index in [1.807, 2.05) is 25.1 Å². The van der Waals surface area contributed by atoms with Crippen molar-refractivity contribution in [3.63, 3.8) is 0 Å². The lowest BCUT2D eigenvalue weighted by Gasteiger charge is -2.09. The van der Waals surface area contributed by atoms with Gasteiger partial charge in [-0.15, -0.1) is 0 Å². The van der Waals surface area contributed by atoms with Crippen molar-refractivity contribution in [1.29, 1.82) is 0 Å². The molecule has 4 heteroatoms. The predicted octanol–water partition coefficient (Wildman–Crippen LogP) is 2.34. The molecule has 1 aromatic carbocycles. The molecule has 0 radical (unpaired) electrons. The second-order valence-corrected chi connectivity index (χ2v) is 4.59. The van der Waals surface area contributed by atoms with Gasteiger partial charge in [-0.1, -0.05) is 17.7 Å². The molecule has 0 heterocycles. The zero-order valence-corrected chi connectivity index (χ0v) is 9.97. The molecule has 0 bridgehead atoms. The Morgan fingerprint density at radius 1 is 1.50 bits per heavy atom. The van der Waals surface area contributed by atoms with Gasteiger partial charge in [0, 0.05) is 16.8 Å². The van der Waals surface area contributed by atoms with Gasteiger partial charge in [-0.2, -0.15) is 0 Å². The van der Waals surface area contributed by atoms with Gasteiger partial charge in [-0.3, -0.25) is 4.79 Å². The van der Waals surface area contributed by atoms with E-state index >= 15 is 0 Å². The standard InChI is InChI=1S/C12H15ClN2O/c1-8-2-3-9(13)6-11(8)14-7-12(16)15-10-4-5-10/h2-3,6,10,14H,4-5,7H2,1H3,(H,15,16). The SMILES string of the molecule is Cc1ccc(Cl)cc1NCC(=O)NC1CC1. The van der Waals surface area contributed by atoms with Gasteiger partial charge >= 0.3 is 0 Å². The van der Waals surface area contributed by atoms with Crippen LogP contribution in [0.2, 0.25) is 5.02 Å². The first-order valence-electron chi connectivity index (χ1n) is 5.44. The molecule has 1 aromatic rings. The number of carbonyl (C=O) groups is 1. The van der Waals surface area contributed by atoms with Crippen LogP contribution in [-0.4, -0.2) is 18.5 Å². The molecule has 1 amide bonds. The maximum absolute atomic E-state index is 11.5. The highest BCUT2D eigenvalue weighted by atomic mass is 35.5. The molecule has 0 saturated heterocycles. The van der Waals surface area contributed by atoms with Gasteiger partial charge in [0.2, 0.25) is 5.91 Å². The molecule has 2 rings (SSSR count). The summed E-state index contributed by atoms with van der Waals surface area (Å²) in [6, 6.07) is 6.02. The number of rotatable bonds is 4. The Labute approximate surface area is 100 Å². The summed E-state index contributed by atoms with van der Waals surface area (Å²) in [6.07, 6.45) is 2.23. The van der Waals surface area contributed by atoms with E-state index in [1.54, 1.807) is 0 Å². The van der Waals surface area contributed by atoms with Crippen LogP contribution >= 0.6 is 11.6 Å². The lowest BCUT2D eigenvalue weighted by molar-refractivity contribution is -0.119. The number of carbonyl (C=O) groups excluding carboxylic acids is 1. The van der Waals surface area contributed by atoms with E-state index in [9.17, 15) is 4.79 Å². The Morgan fingerprint density at radius 3 is 2.94 bits per heavy atom. The Morgan fingerprint density at radius 2 is 2.25 bits per heavy atom. The van der Waals surface area contributed by atoms with Crippen LogP contribution in [0.5, 0.6) is 0 Å². The molecule has 1 aliphatic rings. The van der Waals surface area contributed by atoms with Gasteiger partial charge in [0.25, 0.3) is 0 Å². The molecule has 86 valence electrons. The lowest BCUT2D eigenvalue weighted by atomic mass is 10.2. The summed E-state index contributed by atoms with van der Waals surface area (Å²) >= 11 is 5.89. The average molecular weight is 239 g/mol. The van der Waals surface area contributed by atoms with Gasteiger partial charge in [0.15, 0.2) is 0 Å². The summed E-state index contributed by atoms with van der Waals surface area (Å²) in [5.74, 6) is 0.0434. The number of hydrogen-bond donors (Lipinski definition) is 2. The normalized spacial score (nSPS) is 14.6. The molecule has 2 N–H and O–H groups in total. The molecule has 0 aromatic heterocycles. The third-order valence-electron chi connectivity index (χ3n) is 2.58. The minimum absolute atomic E-state index is 0.0434. The summed E-state index contributed by atoms with van der Waals surface area (Å²) in [5, 5.41) is 6.69. The Balaban J connectivity index is 1.87. The summed E-state index contributed by atoms with van der Waals surface area (Å²) in [7, 11) is 0. The number of anilines is 1. The van der Waals surface area contributed by atoms with Gasteiger partial charge in [0.1, 0.15) is 0 Å². The first kappa shape index (κ1) is 11.3. The van der Waals surface area contributed by atoms with Crippen molar-refractivity contribution in [2.45, 2.75) is 25.8 Å². The van der Waals surface area contributed by atoms with E-state index in [0.29, 0.717) is 17.6 Å². The van der Waals surface area contributed by atoms with Crippen molar-refractivity contribution in [2.75, 3.05) is 11.9 Å². The molecule has 1 fully saturated rings. The van der Waals surface area contributed by atoms with E-state index in [4.69, 9.17) is 11.6 Å². The number of nitrogens with one attached hydrogen (secondary N) is 2. The van der Waals surface area contributed by atoms with Gasteiger partial charge < -0.3 is 10.6 Å². The fraction of sp³-hybridized carbons (Fsp3) is 0.417. The van der Waals surface area contributed by atoms with Crippen molar-refractivity contribution in [2.24, 2.45) is 0 Å². The minimum atomic E-state index is 0.0434. The van der Waals surface area contributed by atoms with Crippen molar-refractivity contribution in [1.82, 2.24) is 5.32 Å². The monoisotopic (exact) mass is 238 g/mol. The Bertz CT molecular complexity index is 402. The first-order valence-corrected chi connectivity index (χ1v) is 5.82. The topological polar surface area (TPSA) is 41.1 Å². The average Bonchev–Trinajstić information content (AvgIpc) is 3.03. The van der Waals surface area contributed by atoms with Gasteiger partial charge in [-0.25, -0.2) is 0 Å². The molecule has 0 spiro atoms. The Hall–Kier alpha value is -1.22. The van der Waals surface area contributed by atoms with E-state index in [0.717, 1.165) is 24.1 Å². The molecule has 1 aliphatic carbocycles. The number of aryl methyl sites for hydroxylation is 1. The third kappa shape index (κ3) is 3.14. The zero-order chi connectivity index (χ0) is 11.5. The smallest absolute Gasteiger partial charge is 0.239 e. The van der Waals surface area contributed by atoms with Crippen molar-refractivity contribution in [3.05, 3.63) is 28.8 Å². The molecule has 0 aliphatic heterocycles. The molecular formula is C12H15ClN2O. The fourth-order valence-electron chi connectivity index (χ4n) is 1.47. The van der Waals surface area contributed by atoms with Crippen LogP contribution in [0.15, 0.2) is 18.2 Å². The molecule has 0 atom stereocenters. The number of benzene rings is 1. The third-order valence-corrected chi connectivity index (χ3v) is 2.82. The molecule has 3 nitrogen and oxygen atoms in total. The van der Waals surface area contributed by atoms with E-state index < -0.39 is 0 Å². The second-order valence-electron chi connectivity index (χ2n) is 4.15. The van der Waals surface area contributed by atoms with Crippen LogP contribution in [0.1, 0.15) is 18.4 Å². The molecule has 16 heavy (non-hydrogen) atoms. The lowest BCUT2D eigenvalue weighted by Crippen LogP contribution is -2.31.